The van der Waals surface area contributed by atoms with Gasteiger partial charge >= 0.3 is 359 Å². The molecule has 59 heavy (non-hydrogen) atoms. The molecule has 0 aromatic heterocycles. The van der Waals surface area contributed by atoms with Gasteiger partial charge in [-0.1, -0.05) is 0 Å². The predicted molar refractivity (Wildman–Crippen MR) is 255 cm³/mol. The Bertz CT molecular complexity index is 2250. The maximum absolute atomic E-state index is 7.29. The molecule has 0 aliphatic heterocycles. The molecule has 5 aromatic rings. The van der Waals surface area contributed by atoms with Gasteiger partial charge in [-0.25, -0.2) is 0 Å². The molecule has 0 aliphatic carbocycles. The minimum atomic E-state index is -3.86. The molecular formula is C52H70BO5P. The zero-order valence-electron chi connectivity index (χ0n) is 39.8. The van der Waals surface area contributed by atoms with Crippen LogP contribution in [0.2, 0.25) is 0 Å². The van der Waals surface area contributed by atoms with E-state index in [0.29, 0.717) is 0 Å². The van der Waals surface area contributed by atoms with E-state index in [1.807, 2.05) is 6.07 Å². The Morgan fingerprint density at radius 2 is 0.712 bits per heavy atom. The van der Waals surface area contributed by atoms with Crippen molar-refractivity contribution in [2.45, 2.75) is 135 Å². The number of ether oxygens (including phenoxy) is 2. The molecular weight excluding hydrogens is 746 g/mol. The third-order valence-corrected chi connectivity index (χ3v) is 22.6. The van der Waals surface area contributed by atoms with Crippen LogP contribution in [0.15, 0.2) is 60.7 Å². The van der Waals surface area contributed by atoms with E-state index in [1.54, 1.807) is 14.2 Å². The molecule has 0 unspecified atom stereocenters. The Morgan fingerprint density at radius 1 is 0.390 bits per heavy atom. The van der Waals surface area contributed by atoms with Gasteiger partial charge < -0.3 is 0 Å². The minimum absolute atomic E-state index is 0.354. The molecule has 7 heteroatoms. The average Bonchev–Trinajstić information content (AvgIpc) is 3.10. The Labute approximate surface area is 357 Å². The van der Waals surface area contributed by atoms with Crippen LogP contribution in [0.1, 0.15) is 108 Å². The van der Waals surface area contributed by atoms with Gasteiger partial charge in [-0.15, -0.1) is 0 Å². The summed E-state index contributed by atoms with van der Waals surface area (Å²) in [5.41, 5.74) is 13.5. The van der Waals surface area contributed by atoms with Crippen molar-refractivity contribution in [1.29, 1.82) is 0 Å². The van der Waals surface area contributed by atoms with Gasteiger partial charge in [0.15, 0.2) is 0 Å². The van der Waals surface area contributed by atoms with Gasteiger partial charge in [-0.3, -0.25) is 0 Å². The first kappa shape index (κ1) is 45.7. The summed E-state index contributed by atoms with van der Waals surface area (Å²) in [6.07, 6.45) is 0. The van der Waals surface area contributed by atoms with E-state index < -0.39 is 13.9 Å². The molecule has 5 aromatic carbocycles. The van der Waals surface area contributed by atoms with Crippen LogP contribution in [0, 0.1) is 83.1 Å². The zero-order valence-corrected chi connectivity index (χ0v) is 40.7. The molecule has 316 valence electrons. The maximum atomic E-state index is 7.29. The number of hydrogen-bond donors (Lipinski definition) is 0. The normalized spacial score (nSPS) is 12.8. The predicted octanol–water partition coefficient (Wildman–Crippen LogP) is 12.4. The second-order valence-electron chi connectivity index (χ2n) is 19.2. The van der Waals surface area contributed by atoms with Crippen LogP contribution in [-0.4, -0.2) is 31.9 Å². The Kier molecular flexibility index (Phi) is 12.6. The SMILES string of the molecule is COc1cc(OC)cc(P(c2c(C)cc(C)cc2C)(c2c(C)cc(C)c(OB(Oc3c(C)cc(C)cc3C)Oc3c(C)cc(C)cc3C)c2C)(C(C)(C)C)C(C)(C)C)c1. The first-order valence-electron chi connectivity index (χ1n) is 20.9. The van der Waals surface area contributed by atoms with Crippen molar-refractivity contribution in [3.8, 4) is 28.7 Å². The van der Waals surface area contributed by atoms with Crippen molar-refractivity contribution in [2.24, 2.45) is 0 Å². The third kappa shape index (κ3) is 7.32. The van der Waals surface area contributed by atoms with Crippen molar-refractivity contribution in [2.75, 3.05) is 14.2 Å². The zero-order chi connectivity index (χ0) is 44.2. The summed E-state index contributed by atoms with van der Waals surface area (Å²) in [4.78, 5) is 0. The molecule has 0 atom stereocenters. The van der Waals surface area contributed by atoms with Gasteiger partial charge in [0, 0.05) is 0 Å². The first-order valence-corrected chi connectivity index (χ1v) is 23.2. The molecule has 0 aliphatic rings. The van der Waals surface area contributed by atoms with Crippen molar-refractivity contribution < 1.29 is 23.4 Å². The van der Waals surface area contributed by atoms with Gasteiger partial charge in [0.25, 0.3) is 0 Å². The molecule has 0 saturated heterocycles. The van der Waals surface area contributed by atoms with Crippen LogP contribution < -0.4 is 39.4 Å². The van der Waals surface area contributed by atoms with E-state index in [2.05, 4.69) is 179 Å². The number of hydrogen-bond acceptors (Lipinski definition) is 5. The van der Waals surface area contributed by atoms with Gasteiger partial charge in [0.1, 0.15) is 0 Å². The molecule has 0 bridgehead atoms. The number of rotatable bonds is 11. The second kappa shape index (κ2) is 16.2. The quantitative estimate of drug-likeness (QED) is 0.0981. The molecule has 0 saturated carbocycles. The second-order valence-corrected chi connectivity index (χ2v) is 25.5. The van der Waals surface area contributed by atoms with Gasteiger partial charge in [-0.05, 0) is 0 Å². The monoisotopic (exact) mass is 817 g/mol. The van der Waals surface area contributed by atoms with Gasteiger partial charge in [0.2, 0.25) is 0 Å². The fraction of sp³-hybridized carbons (Fsp3) is 0.423. The molecule has 0 amide bonds. The summed E-state index contributed by atoms with van der Waals surface area (Å²) < 4.78 is 33.4. The van der Waals surface area contributed by atoms with E-state index >= 15 is 0 Å². The van der Waals surface area contributed by atoms with Crippen molar-refractivity contribution in [1.82, 2.24) is 0 Å². The Morgan fingerprint density at radius 3 is 1.07 bits per heavy atom. The van der Waals surface area contributed by atoms with Crippen LogP contribution in [0.3, 0.4) is 0 Å². The van der Waals surface area contributed by atoms with E-state index in [4.69, 9.17) is 23.4 Å². The average molecular weight is 817 g/mol. The van der Waals surface area contributed by atoms with Gasteiger partial charge in [0.05, 0.1) is 0 Å². The number of benzene rings is 5. The fourth-order valence-electron chi connectivity index (χ4n) is 11.5. The van der Waals surface area contributed by atoms with Crippen molar-refractivity contribution >= 4 is 29.8 Å². The summed E-state index contributed by atoms with van der Waals surface area (Å²) in [5.74, 6) is 3.78. The standard InChI is InChI=1S/C52H70BO5P/c1-31-21-34(4)46(35(5)22-31)56-53(57-47-36(6)23-32(2)24-37(47)7)58-48-38(8)27-41(11)50(42(48)12)59(51(13,14)15,52(16,17)18,49-39(9)25-33(3)26-40(49)10)45-29-43(54-19)28-44(30-45)55-20/h21-30H,1-20H3. The Hall–Kier alpha value is -4.41. The summed E-state index contributed by atoms with van der Waals surface area (Å²) in [6, 6.07) is 22.2. The Balaban J connectivity index is 2.00. The summed E-state index contributed by atoms with van der Waals surface area (Å²) in [6.45, 7) is 36.9. The fourth-order valence-corrected chi connectivity index (χ4v) is 22.4. The number of aryl methyl sites for hydroxylation is 11. The van der Waals surface area contributed by atoms with E-state index in [9.17, 15) is 0 Å². The van der Waals surface area contributed by atoms with Crippen LogP contribution in [0.4, 0.5) is 0 Å². The van der Waals surface area contributed by atoms with Crippen LogP contribution in [-0.2, 0) is 0 Å². The molecule has 0 fully saturated rings. The molecule has 0 heterocycles. The summed E-state index contributed by atoms with van der Waals surface area (Å²) >= 11 is 0. The first-order chi connectivity index (χ1) is 27.3. The van der Waals surface area contributed by atoms with Gasteiger partial charge in [-0.2, -0.15) is 0 Å². The van der Waals surface area contributed by atoms with Crippen LogP contribution >= 0.6 is 6.60 Å². The third-order valence-electron chi connectivity index (χ3n) is 12.8. The number of methoxy groups -OCH3 is 2. The van der Waals surface area contributed by atoms with Crippen LogP contribution in [0.5, 0.6) is 28.7 Å². The topological polar surface area (TPSA) is 46.2 Å². The molecule has 0 spiro atoms. The molecule has 5 rings (SSSR count). The van der Waals surface area contributed by atoms with Crippen LogP contribution in [0.25, 0.3) is 0 Å². The van der Waals surface area contributed by atoms with E-state index in [-0.39, 0.29) is 10.3 Å². The van der Waals surface area contributed by atoms with Crippen molar-refractivity contribution in [3.63, 3.8) is 0 Å². The van der Waals surface area contributed by atoms with E-state index in [1.165, 1.54) is 49.3 Å². The van der Waals surface area contributed by atoms with E-state index in [0.717, 1.165) is 62.1 Å². The van der Waals surface area contributed by atoms with Crippen molar-refractivity contribution in [3.05, 3.63) is 127 Å². The summed E-state index contributed by atoms with van der Waals surface area (Å²) in [5, 5.41) is 3.19. The molecule has 0 N–H and O–H groups in total. The molecule has 0 radical (unpaired) electrons. The summed E-state index contributed by atoms with van der Waals surface area (Å²) in [7, 11) is 2.39. The molecule has 5 nitrogen and oxygen atoms in total.